The molecule has 1 aromatic carbocycles. The number of halogens is 1. The zero-order valence-electron chi connectivity index (χ0n) is 13.2. The lowest BCUT2D eigenvalue weighted by Gasteiger charge is -2.16. The van der Waals surface area contributed by atoms with Crippen LogP contribution in [0.2, 0.25) is 4.34 Å². The van der Waals surface area contributed by atoms with Crippen LogP contribution in [0.1, 0.15) is 26.5 Å². The number of carbonyl (C=O) groups is 1. The minimum atomic E-state index is -0.362. The first kappa shape index (κ1) is 16.5. The fourth-order valence-electron chi connectivity index (χ4n) is 2.83. The monoisotopic (exact) mass is 392 g/mol. The van der Waals surface area contributed by atoms with E-state index in [9.17, 15) is 4.79 Å². The zero-order valence-corrected chi connectivity index (χ0v) is 15.6. The molecule has 1 aliphatic carbocycles. The summed E-state index contributed by atoms with van der Waals surface area (Å²) in [6.45, 7) is 0.0323. The Bertz CT molecular complexity index is 951. The molecule has 0 radical (unpaired) electrons. The van der Waals surface area contributed by atoms with Gasteiger partial charge in [-0.25, -0.2) is 4.79 Å². The third kappa shape index (κ3) is 3.15. The summed E-state index contributed by atoms with van der Waals surface area (Å²) >= 11 is 8.46. The lowest BCUT2D eigenvalue weighted by molar-refractivity contribution is 0.0473. The number of fused-ring (bicyclic) bond motifs is 3. The maximum atomic E-state index is 12.4. The van der Waals surface area contributed by atoms with Crippen LogP contribution in [-0.4, -0.2) is 22.7 Å². The molecule has 0 aliphatic heterocycles. The predicted molar refractivity (Wildman–Crippen MR) is 97.8 cm³/mol. The number of thiophene rings is 1. The molecule has 0 bridgehead atoms. The van der Waals surface area contributed by atoms with Crippen LogP contribution >= 0.6 is 34.5 Å². The third-order valence-electron chi connectivity index (χ3n) is 4.08. The molecule has 2 heterocycles. The number of aryl methyl sites for hydroxylation is 2. The van der Waals surface area contributed by atoms with Gasteiger partial charge in [-0.3, -0.25) is 0 Å². The molecule has 0 atom stereocenters. The lowest BCUT2D eigenvalue weighted by atomic mass is 9.91. The molecule has 3 aromatic rings. The van der Waals surface area contributed by atoms with Gasteiger partial charge in [0.1, 0.15) is 27.3 Å². The van der Waals surface area contributed by atoms with Gasteiger partial charge in [0.2, 0.25) is 0 Å². The molecule has 1 aliphatic rings. The van der Waals surface area contributed by atoms with Gasteiger partial charge in [-0.1, -0.05) is 16.1 Å². The molecule has 8 heteroatoms. The van der Waals surface area contributed by atoms with Gasteiger partial charge < -0.3 is 9.47 Å². The molecule has 0 amide bonds. The van der Waals surface area contributed by atoms with Crippen LogP contribution in [0.3, 0.4) is 0 Å². The van der Waals surface area contributed by atoms with Crippen molar-refractivity contribution in [3.8, 4) is 16.2 Å². The number of benzene rings is 1. The fourth-order valence-corrected chi connectivity index (χ4v) is 4.59. The van der Waals surface area contributed by atoms with Gasteiger partial charge in [-0.2, -0.15) is 0 Å². The van der Waals surface area contributed by atoms with Gasteiger partial charge in [0.05, 0.1) is 7.11 Å². The van der Waals surface area contributed by atoms with Gasteiger partial charge >= 0.3 is 5.97 Å². The minimum absolute atomic E-state index is 0.0323. The van der Waals surface area contributed by atoms with E-state index in [1.54, 1.807) is 7.11 Å². The molecule has 0 saturated carbocycles. The standard InChI is InChI=1S/C17H13ClN2O3S2/c1-22-11-4-5-12-9(6-11)2-3-10-7-14(24-15(10)12)17(21)23-8-13-16(18)25-20-19-13/h4-7H,2-3,8H2,1H3. The highest BCUT2D eigenvalue weighted by Gasteiger charge is 2.23. The fraction of sp³-hybridized carbons (Fsp3) is 0.235. The number of hydrogen-bond acceptors (Lipinski definition) is 7. The first-order valence-electron chi connectivity index (χ1n) is 7.59. The van der Waals surface area contributed by atoms with Crippen LogP contribution in [0.5, 0.6) is 5.75 Å². The Morgan fingerprint density at radius 2 is 2.12 bits per heavy atom. The van der Waals surface area contributed by atoms with E-state index in [0.29, 0.717) is 14.9 Å². The molecule has 0 fully saturated rings. The second kappa shape index (κ2) is 6.74. The minimum Gasteiger partial charge on any atom is -0.497 e. The van der Waals surface area contributed by atoms with Crippen LogP contribution in [0.15, 0.2) is 24.3 Å². The molecule has 0 spiro atoms. The molecular weight excluding hydrogens is 380 g/mol. The van der Waals surface area contributed by atoms with E-state index in [0.717, 1.165) is 40.6 Å². The molecule has 4 rings (SSSR count). The number of rotatable bonds is 4. The number of esters is 1. The summed E-state index contributed by atoms with van der Waals surface area (Å²) in [6, 6.07) is 7.99. The molecule has 5 nitrogen and oxygen atoms in total. The SMILES string of the molecule is COc1ccc2c(c1)CCc1cc(C(=O)OCc3nnsc3Cl)sc1-2. The van der Waals surface area contributed by atoms with Gasteiger partial charge in [0.25, 0.3) is 0 Å². The van der Waals surface area contributed by atoms with Crippen LogP contribution in [-0.2, 0) is 24.2 Å². The zero-order chi connectivity index (χ0) is 17.4. The number of aromatic nitrogens is 2. The average molecular weight is 393 g/mol. The number of methoxy groups -OCH3 is 1. The van der Waals surface area contributed by atoms with Crippen molar-refractivity contribution in [3.63, 3.8) is 0 Å². The molecule has 2 aromatic heterocycles. The highest BCUT2D eigenvalue weighted by Crippen LogP contribution is 2.41. The smallest absolute Gasteiger partial charge is 0.348 e. The van der Waals surface area contributed by atoms with Crippen molar-refractivity contribution in [2.45, 2.75) is 19.4 Å². The Hall–Kier alpha value is -1.96. The van der Waals surface area contributed by atoms with Crippen molar-refractivity contribution in [3.05, 3.63) is 50.3 Å². The summed E-state index contributed by atoms with van der Waals surface area (Å²) < 4.78 is 14.8. The van der Waals surface area contributed by atoms with Gasteiger partial charge in [-0.05, 0) is 53.8 Å². The summed E-state index contributed by atoms with van der Waals surface area (Å²) in [7, 11) is 1.67. The summed E-state index contributed by atoms with van der Waals surface area (Å²) in [5, 5.41) is 3.84. The molecular formula is C17H13ClN2O3S2. The van der Waals surface area contributed by atoms with E-state index in [2.05, 4.69) is 21.7 Å². The Morgan fingerprint density at radius 3 is 2.88 bits per heavy atom. The Morgan fingerprint density at radius 1 is 1.28 bits per heavy atom. The van der Waals surface area contributed by atoms with Crippen molar-refractivity contribution in [1.29, 1.82) is 0 Å². The number of nitrogens with zero attached hydrogens (tertiary/aromatic N) is 2. The van der Waals surface area contributed by atoms with E-state index >= 15 is 0 Å². The van der Waals surface area contributed by atoms with Crippen molar-refractivity contribution in [1.82, 2.24) is 9.59 Å². The first-order chi connectivity index (χ1) is 12.2. The Balaban J connectivity index is 1.56. The lowest BCUT2D eigenvalue weighted by Crippen LogP contribution is -2.04. The van der Waals surface area contributed by atoms with Crippen molar-refractivity contribution >= 4 is 40.4 Å². The average Bonchev–Trinajstić information content (AvgIpc) is 3.25. The third-order valence-corrected chi connectivity index (χ3v) is 6.26. The predicted octanol–water partition coefficient (Wildman–Crippen LogP) is 4.38. The molecule has 128 valence electrons. The van der Waals surface area contributed by atoms with Crippen LogP contribution in [0, 0.1) is 0 Å². The normalized spacial score (nSPS) is 12.4. The van der Waals surface area contributed by atoms with Gasteiger partial charge in [0.15, 0.2) is 0 Å². The van der Waals surface area contributed by atoms with Gasteiger partial charge in [0, 0.05) is 16.4 Å². The second-order valence-electron chi connectivity index (χ2n) is 5.56. The molecule has 0 saturated heterocycles. The summed E-state index contributed by atoms with van der Waals surface area (Å²) in [6.07, 6.45) is 1.84. The van der Waals surface area contributed by atoms with E-state index in [1.165, 1.54) is 22.5 Å². The first-order valence-corrected chi connectivity index (χ1v) is 9.56. The van der Waals surface area contributed by atoms with Crippen molar-refractivity contribution in [2.75, 3.05) is 7.11 Å². The maximum absolute atomic E-state index is 12.4. The highest BCUT2D eigenvalue weighted by atomic mass is 35.5. The topological polar surface area (TPSA) is 61.3 Å². The molecule has 0 N–H and O–H groups in total. The quantitative estimate of drug-likeness (QED) is 0.616. The van der Waals surface area contributed by atoms with Crippen molar-refractivity contribution in [2.24, 2.45) is 0 Å². The Labute approximate surface area is 157 Å². The summed E-state index contributed by atoms with van der Waals surface area (Å²) in [4.78, 5) is 14.1. The van der Waals surface area contributed by atoms with Gasteiger partial charge in [-0.15, -0.1) is 16.4 Å². The second-order valence-corrected chi connectivity index (χ2v) is 7.97. The molecule has 25 heavy (non-hydrogen) atoms. The number of ether oxygens (including phenoxy) is 2. The van der Waals surface area contributed by atoms with E-state index in [-0.39, 0.29) is 12.6 Å². The summed E-state index contributed by atoms with van der Waals surface area (Å²) in [5.74, 6) is 0.491. The maximum Gasteiger partial charge on any atom is 0.348 e. The highest BCUT2D eigenvalue weighted by molar-refractivity contribution is 7.17. The van der Waals surface area contributed by atoms with E-state index < -0.39 is 0 Å². The molecule has 0 unspecified atom stereocenters. The van der Waals surface area contributed by atoms with Crippen LogP contribution < -0.4 is 4.74 Å². The summed E-state index contributed by atoms with van der Waals surface area (Å²) in [5.41, 5.74) is 4.08. The largest absolute Gasteiger partial charge is 0.497 e. The van der Waals surface area contributed by atoms with Crippen LogP contribution in [0.25, 0.3) is 10.4 Å². The Kier molecular flexibility index (Phi) is 4.45. The van der Waals surface area contributed by atoms with E-state index in [1.807, 2.05) is 12.1 Å². The van der Waals surface area contributed by atoms with Crippen molar-refractivity contribution < 1.29 is 14.3 Å². The number of hydrogen-bond donors (Lipinski definition) is 0. The van der Waals surface area contributed by atoms with Crippen LogP contribution in [0.4, 0.5) is 0 Å². The number of carbonyl (C=O) groups excluding carboxylic acids is 1. The van der Waals surface area contributed by atoms with E-state index in [4.69, 9.17) is 21.1 Å².